The molecule has 0 atom stereocenters. The van der Waals surface area contributed by atoms with E-state index in [9.17, 15) is 26.4 Å². The lowest BCUT2D eigenvalue weighted by atomic mass is 10.1. The van der Waals surface area contributed by atoms with Crippen LogP contribution in [0.15, 0.2) is 34.1 Å². The number of nitrogens with two attached hydrogens (primary N) is 1. The molecule has 0 fully saturated rings. The molecule has 0 aliphatic rings. The van der Waals surface area contributed by atoms with E-state index >= 15 is 0 Å². The Bertz CT molecular complexity index is 1490. The van der Waals surface area contributed by atoms with Crippen molar-refractivity contribution in [3.8, 4) is 11.5 Å². The predicted molar refractivity (Wildman–Crippen MR) is 197 cm³/mol. The van der Waals surface area contributed by atoms with Gasteiger partial charge in [-0.2, -0.15) is 4.31 Å². The normalized spacial score (nSPS) is 11.0. The fraction of sp³-hybridized carbons (Fsp3) is 0.533. The van der Waals surface area contributed by atoms with Crippen molar-refractivity contribution >= 4 is 67.0 Å². The van der Waals surface area contributed by atoms with Gasteiger partial charge in [0.15, 0.2) is 0 Å². The summed E-state index contributed by atoms with van der Waals surface area (Å²) in [5, 5.41) is 2.84. The van der Waals surface area contributed by atoms with Gasteiger partial charge in [-0.25, -0.2) is 21.1 Å². The molecule has 2 aromatic rings. The van der Waals surface area contributed by atoms with Gasteiger partial charge in [-0.05, 0) is 74.2 Å². The Morgan fingerprint density at radius 3 is 1.35 bits per heavy atom. The number of alkyl halides is 1. The topological polar surface area (TPSA) is 184 Å². The van der Waals surface area contributed by atoms with Crippen LogP contribution in [0.2, 0.25) is 0 Å². The first kappa shape index (κ1) is 47.9. The summed E-state index contributed by atoms with van der Waals surface area (Å²) in [4.78, 5) is 21.5. The Labute approximate surface area is 305 Å². The van der Waals surface area contributed by atoms with Crippen molar-refractivity contribution in [3.05, 3.63) is 46.5 Å². The Balaban J connectivity index is 0. The maximum Gasteiger partial charge on any atom is 0.319 e. The van der Waals surface area contributed by atoms with Crippen molar-refractivity contribution in [3.63, 3.8) is 0 Å². The molecule has 0 radical (unpaired) electrons. The number of carbonyl (C=O) groups is 2. The largest absolute Gasteiger partial charge is 0.497 e. The zero-order valence-electron chi connectivity index (χ0n) is 29.2. The van der Waals surface area contributed by atoms with Gasteiger partial charge in [0.25, 0.3) is 0 Å². The van der Waals surface area contributed by atoms with Crippen LogP contribution in [0.3, 0.4) is 0 Å². The zero-order chi connectivity index (χ0) is 36.5. The van der Waals surface area contributed by atoms with Crippen LogP contribution in [0.4, 0.5) is 0 Å². The van der Waals surface area contributed by atoms with E-state index in [0.29, 0.717) is 51.7 Å². The van der Waals surface area contributed by atoms with E-state index in [1.54, 1.807) is 73.2 Å². The van der Waals surface area contributed by atoms with E-state index in [1.165, 1.54) is 29.9 Å². The smallest absolute Gasteiger partial charge is 0.319 e. The zero-order valence-corrected chi connectivity index (χ0v) is 33.8. The van der Waals surface area contributed by atoms with Gasteiger partial charge in [-0.1, -0.05) is 22.6 Å². The molecule has 2 rings (SSSR count). The fourth-order valence-electron chi connectivity index (χ4n) is 4.12. The quantitative estimate of drug-likeness (QED) is 0.123. The molecule has 0 aromatic heterocycles. The third kappa shape index (κ3) is 14.7. The number of likely N-dealkylation sites (N-methyl/N-ethyl adjacent to an activating group) is 1. The molecule has 0 saturated carbocycles. The summed E-state index contributed by atoms with van der Waals surface area (Å²) in [6, 6.07) is 6.89. The summed E-state index contributed by atoms with van der Waals surface area (Å²) in [5.41, 5.74) is 7.51. The summed E-state index contributed by atoms with van der Waals surface area (Å²) < 4.78 is 72.7. The highest BCUT2D eigenvalue weighted by Gasteiger charge is 2.26. The Morgan fingerprint density at radius 1 is 0.729 bits per heavy atom. The lowest BCUT2D eigenvalue weighted by Crippen LogP contribution is -2.36. The molecule has 276 valence electrons. The fourth-order valence-corrected chi connectivity index (χ4v) is 8.32. The van der Waals surface area contributed by atoms with Crippen LogP contribution in [0.25, 0.3) is 0 Å². The number of benzene rings is 2. The minimum Gasteiger partial charge on any atom is -0.497 e. The number of nitrogens with zero attached hydrogens (tertiary/aromatic N) is 2. The molecule has 0 unspecified atom stereocenters. The Hall–Kier alpha value is -2.26. The van der Waals surface area contributed by atoms with E-state index in [0.717, 1.165) is 4.43 Å². The second-order valence-corrected chi connectivity index (χ2v) is 15.1. The van der Waals surface area contributed by atoms with E-state index < -0.39 is 26.0 Å². The maximum absolute atomic E-state index is 12.7. The number of rotatable bonds is 14. The summed E-state index contributed by atoms with van der Waals surface area (Å²) in [5.74, 6) is 0.536. The van der Waals surface area contributed by atoms with E-state index in [4.69, 9.17) is 15.2 Å². The number of halogens is 2. The van der Waals surface area contributed by atoms with Gasteiger partial charge in [0.05, 0.1) is 51.3 Å². The third-order valence-electron chi connectivity index (χ3n) is 6.57. The van der Waals surface area contributed by atoms with Crippen molar-refractivity contribution in [2.24, 2.45) is 5.73 Å². The molecule has 14 nitrogen and oxygen atoms in total. The number of esters is 2. The molecule has 0 amide bonds. The highest BCUT2D eigenvalue weighted by molar-refractivity contribution is 14.1. The first-order valence-corrected chi connectivity index (χ1v) is 18.6. The van der Waals surface area contributed by atoms with Gasteiger partial charge in [0, 0.05) is 38.2 Å². The number of hydrogen-bond donors (Lipinski definition) is 2. The number of hydrogen-bond acceptors (Lipinski definition) is 12. The number of aryl methyl sites for hydroxylation is 4. The average molecular weight is 853 g/mol. The second-order valence-electron chi connectivity index (χ2n) is 10.1. The summed E-state index contributed by atoms with van der Waals surface area (Å²) in [7, 11) is 1.82. The maximum atomic E-state index is 12.7. The molecule has 0 heterocycles. The molecule has 2 aromatic carbocycles. The van der Waals surface area contributed by atoms with Crippen molar-refractivity contribution in [1.29, 1.82) is 0 Å². The lowest BCUT2D eigenvalue weighted by molar-refractivity contribution is -0.140. The molecule has 0 spiro atoms. The van der Waals surface area contributed by atoms with Gasteiger partial charge < -0.3 is 30.0 Å². The standard InChI is InChI=1S/C15H24N2O5S.C12H18INO3S.C3H7NO2.ClH/c1-11-8-13(21-4)9-12(2)15(11)23(19,20)17(3)7-6-16-10-14(18)22-5;1-9-7-11(17-4)8-10(2)12(9)18(15,16)14(3)6-5-13;1-6-3(5)2-4;/h8-9,16H,6-7,10H2,1-5H3;7-8H,5-6H2,1-4H3;2,4H2,1H3;1H. The monoisotopic (exact) mass is 852 g/mol. The first-order chi connectivity index (χ1) is 21.9. The summed E-state index contributed by atoms with van der Waals surface area (Å²) in [6.07, 6.45) is 0. The van der Waals surface area contributed by atoms with Crippen LogP contribution in [0, 0.1) is 27.7 Å². The lowest BCUT2D eigenvalue weighted by Gasteiger charge is -2.20. The number of sulfonamides is 2. The third-order valence-corrected chi connectivity index (χ3v) is 11.4. The molecule has 48 heavy (non-hydrogen) atoms. The molecule has 18 heteroatoms. The minimum absolute atomic E-state index is 0. The van der Waals surface area contributed by atoms with Crippen LogP contribution in [-0.4, -0.2) is 117 Å². The average Bonchev–Trinajstić information content (AvgIpc) is 3.01. The highest BCUT2D eigenvalue weighted by Crippen LogP contribution is 2.28. The van der Waals surface area contributed by atoms with Crippen LogP contribution >= 0.6 is 35.0 Å². The Kier molecular flexibility index (Phi) is 23.1. The highest BCUT2D eigenvalue weighted by atomic mass is 127. The van der Waals surface area contributed by atoms with Gasteiger partial charge in [0.1, 0.15) is 11.5 Å². The van der Waals surface area contributed by atoms with Crippen molar-refractivity contribution in [1.82, 2.24) is 13.9 Å². The molecule has 0 aliphatic heterocycles. The van der Waals surface area contributed by atoms with Crippen molar-refractivity contribution < 1.29 is 45.4 Å². The van der Waals surface area contributed by atoms with Gasteiger partial charge in [0.2, 0.25) is 20.0 Å². The minimum atomic E-state index is -3.61. The number of ether oxygens (including phenoxy) is 4. The molecular formula is C30H50ClIN4O10S2. The molecule has 0 aliphatic carbocycles. The summed E-state index contributed by atoms with van der Waals surface area (Å²) in [6.45, 7) is 8.18. The van der Waals surface area contributed by atoms with Crippen LogP contribution in [0.5, 0.6) is 11.5 Å². The van der Waals surface area contributed by atoms with Gasteiger partial charge >= 0.3 is 11.9 Å². The number of nitrogens with one attached hydrogen (secondary N) is 1. The summed E-state index contributed by atoms with van der Waals surface area (Å²) >= 11 is 2.16. The molecule has 3 N–H and O–H groups in total. The van der Waals surface area contributed by atoms with E-state index in [2.05, 4.69) is 37.4 Å². The van der Waals surface area contributed by atoms with Crippen LogP contribution in [0.1, 0.15) is 22.3 Å². The van der Waals surface area contributed by atoms with E-state index in [1.807, 2.05) is 0 Å². The van der Waals surface area contributed by atoms with Gasteiger partial charge in [-0.15, -0.1) is 12.4 Å². The second kappa shape index (κ2) is 23.2. The molecular weight excluding hydrogens is 803 g/mol. The SMILES string of the molecule is COC(=O)CN.COC(=O)CNCCN(C)S(=O)(=O)c1c(C)cc(OC)cc1C.COc1cc(C)c(S(=O)(=O)N(C)CCI)c(C)c1.Cl. The van der Waals surface area contributed by atoms with Gasteiger partial charge in [-0.3, -0.25) is 9.59 Å². The molecule has 0 saturated heterocycles. The predicted octanol–water partition coefficient (Wildman–Crippen LogP) is 2.60. The van der Waals surface area contributed by atoms with Crippen LogP contribution < -0.4 is 20.5 Å². The van der Waals surface area contributed by atoms with E-state index in [-0.39, 0.29) is 42.9 Å². The van der Waals surface area contributed by atoms with Crippen molar-refractivity contribution in [2.75, 3.05) is 79.7 Å². The van der Waals surface area contributed by atoms with Crippen LogP contribution in [-0.2, 0) is 39.1 Å². The Morgan fingerprint density at radius 2 is 1.08 bits per heavy atom. The number of carbonyl (C=O) groups excluding carboxylic acids is 2. The number of methoxy groups -OCH3 is 4. The van der Waals surface area contributed by atoms with Crippen molar-refractivity contribution in [2.45, 2.75) is 37.5 Å². The first-order valence-electron chi connectivity index (χ1n) is 14.2. The molecule has 0 bridgehead atoms.